The summed E-state index contributed by atoms with van der Waals surface area (Å²) in [6, 6.07) is 18.6. The molecule has 0 unspecified atom stereocenters. The Labute approximate surface area is 128 Å². The standard InChI is InChI=1S/C19H25NO/c1-16(2)12-13-20-14-15-21-19-11-7-6-10-18(19)17-8-4-3-5-9-17/h3-11,16,20H,12-15H2,1-2H3. The summed E-state index contributed by atoms with van der Waals surface area (Å²) in [4.78, 5) is 0. The van der Waals surface area contributed by atoms with E-state index in [0.717, 1.165) is 30.3 Å². The van der Waals surface area contributed by atoms with Gasteiger partial charge in [0, 0.05) is 12.1 Å². The molecule has 21 heavy (non-hydrogen) atoms. The Hall–Kier alpha value is -1.80. The van der Waals surface area contributed by atoms with E-state index in [1.807, 2.05) is 18.2 Å². The second-order valence-electron chi connectivity index (χ2n) is 5.64. The first kappa shape index (κ1) is 15.6. The van der Waals surface area contributed by atoms with Crippen LogP contribution in [0.3, 0.4) is 0 Å². The van der Waals surface area contributed by atoms with Gasteiger partial charge in [0.15, 0.2) is 0 Å². The largest absolute Gasteiger partial charge is 0.492 e. The van der Waals surface area contributed by atoms with Crippen LogP contribution < -0.4 is 10.1 Å². The molecule has 0 saturated carbocycles. The van der Waals surface area contributed by atoms with Gasteiger partial charge in [0.1, 0.15) is 12.4 Å². The average Bonchev–Trinajstić information content (AvgIpc) is 2.52. The third-order valence-electron chi connectivity index (χ3n) is 3.41. The van der Waals surface area contributed by atoms with Gasteiger partial charge in [-0.25, -0.2) is 0 Å². The van der Waals surface area contributed by atoms with Crippen molar-refractivity contribution in [1.29, 1.82) is 0 Å². The van der Waals surface area contributed by atoms with Gasteiger partial charge in [0.25, 0.3) is 0 Å². The van der Waals surface area contributed by atoms with E-state index in [1.54, 1.807) is 0 Å². The van der Waals surface area contributed by atoms with Crippen LogP contribution in [0.25, 0.3) is 11.1 Å². The first-order valence-corrected chi connectivity index (χ1v) is 7.75. The molecular formula is C19H25NO. The zero-order valence-electron chi connectivity index (χ0n) is 13.0. The Morgan fingerprint density at radius 3 is 2.38 bits per heavy atom. The van der Waals surface area contributed by atoms with Gasteiger partial charge in [-0.1, -0.05) is 62.4 Å². The predicted molar refractivity (Wildman–Crippen MR) is 89.7 cm³/mol. The molecule has 0 atom stereocenters. The van der Waals surface area contributed by atoms with Crippen LogP contribution in [0.15, 0.2) is 54.6 Å². The molecule has 2 nitrogen and oxygen atoms in total. The SMILES string of the molecule is CC(C)CCNCCOc1ccccc1-c1ccccc1. The second-order valence-corrected chi connectivity index (χ2v) is 5.64. The van der Waals surface area contributed by atoms with Gasteiger partial charge in [-0.2, -0.15) is 0 Å². The molecule has 0 radical (unpaired) electrons. The third kappa shape index (κ3) is 5.24. The number of nitrogens with one attached hydrogen (secondary N) is 1. The summed E-state index contributed by atoms with van der Waals surface area (Å²) in [5, 5.41) is 3.42. The van der Waals surface area contributed by atoms with Crippen LogP contribution in [0, 0.1) is 5.92 Å². The van der Waals surface area contributed by atoms with E-state index < -0.39 is 0 Å². The van der Waals surface area contributed by atoms with Crippen LogP contribution in [0.1, 0.15) is 20.3 Å². The molecule has 0 aliphatic heterocycles. The van der Waals surface area contributed by atoms with Gasteiger partial charge in [-0.15, -0.1) is 0 Å². The van der Waals surface area contributed by atoms with Crippen molar-refractivity contribution in [2.75, 3.05) is 19.7 Å². The second kappa shape index (κ2) is 8.48. The topological polar surface area (TPSA) is 21.3 Å². The maximum atomic E-state index is 5.94. The molecule has 0 heterocycles. The highest BCUT2D eigenvalue weighted by Crippen LogP contribution is 2.29. The highest BCUT2D eigenvalue weighted by Gasteiger charge is 2.04. The van der Waals surface area contributed by atoms with Crippen molar-refractivity contribution in [2.24, 2.45) is 5.92 Å². The Bertz CT molecular complexity index is 522. The van der Waals surface area contributed by atoms with Gasteiger partial charge in [-0.3, -0.25) is 0 Å². The van der Waals surface area contributed by atoms with Crippen LogP contribution in [-0.4, -0.2) is 19.7 Å². The summed E-state index contributed by atoms with van der Waals surface area (Å²) >= 11 is 0. The lowest BCUT2D eigenvalue weighted by Crippen LogP contribution is -2.23. The lowest BCUT2D eigenvalue weighted by molar-refractivity contribution is 0.313. The van der Waals surface area contributed by atoms with Crippen molar-refractivity contribution in [2.45, 2.75) is 20.3 Å². The molecule has 2 aromatic rings. The maximum Gasteiger partial charge on any atom is 0.127 e. The molecule has 0 bridgehead atoms. The first-order valence-electron chi connectivity index (χ1n) is 7.75. The van der Waals surface area contributed by atoms with E-state index in [-0.39, 0.29) is 0 Å². The molecular weight excluding hydrogens is 258 g/mol. The molecule has 112 valence electrons. The zero-order valence-corrected chi connectivity index (χ0v) is 13.0. The number of para-hydroxylation sites is 1. The summed E-state index contributed by atoms with van der Waals surface area (Å²) < 4.78 is 5.94. The van der Waals surface area contributed by atoms with Crippen molar-refractivity contribution in [1.82, 2.24) is 5.32 Å². The highest BCUT2D eigenvalue weighted by atomic mass is 16.5. The predicted octanol–water partition coefficient (Wildman–Crippen LogP) is 4.37. The molecule has 0 spiro atoms. The van der Waals surface area contributed by atoms with Crippen molar-refractivity contribution in [3.63, 3.8) is 0 Å². The summed E-state index contributed by atoms with van der Waals surface area (Å²) in [6.45, 7) is 7.13. The van der Waals surface area contributed by atoms with Crippen molar-refractivity contribution in [3.05, 3.63) is 54.6 Å². The fourth-order valence-electron chi connectivity index (χ4n) is 2.20. The van der Waals surface area contributed by atoms with Gasteiger partial charge < -0.3 is 10.1 Å². The minimum atomic E-state index is 0.696. The molecule has 2 heteroatoms. The lowest BCUT2D eigenvalue weighted by Gasteiger charge is -2.12. The van der Waals surface area contributed by atoms with E-state index >= 15 is 0 Å². The Balaban J connectivity index is 1.87. The average molecular weight is 283 g/mol. The first-order chi connectivity index (χ1) is 10.3. The van der Waals surface area contributed by atoms with Gasteiger partial charge in [0.2, 0.25) is 0 Å². The number of benzene rings is 2. The lowest BCUT2D eigenvalue weighted by atomic mass is 10.1. The third-order valence-corrected chi connectivity index (χ3v) is 3.41. The monoisotopic (exact) mass is 283 g/mol. The molecule has 0 saturated heterocycles. The molecule has 0 aliphatic rings. The van der Waals surface area contributed by atoms with Crippen LogP contribution in [-0.2, 0) is 0 Å². The van der Waals surface area contributed by atoms with Crippen LogP contribution in [0.4, 0.5) is 0 Å². The molecule has 2 aromatic carbocycles. The van der Waals surface area contributed by atoms with Gasteiger partial charge in [0.05, 0.1) is 0 Å². The molecule has 0 amide bonds. The maximum absolute atomic E-state index is 5.94. The molecule has 0 fully saturated rings. The quantitative estimate of drug-likeness (QED) is 0.726. The van der Waals surface area contributed by atoms with E-state index in [0.29, 0.717) is 6.61 Å². The number of ether oxygens (including phenoxy) is 1. The fraction of sp³-hybridized carbons (Fsp3) is 0.368. The summed E-state index contributed by atoms with van der Waals surface area (Å²) in [5.74, 6) is 1.70. The van der Waals surface area contributed by atoms with Crippen LogP contribution in [0.5, 0.6) is 5.75 Å². The van der Waals surface area contributed by atoms with E-state index in [1.165, 1.54) is 12.0 Å². The van der Waals surface area contributed by atoms with Crippen molar-refractivity contribution < 1.29 is 4.74 Å². The zero-order chi connectivity index (χ0) is 14.9. The number of rotatable bonds is 8. The van der Waals surface area contributed by atoms with E-state index in [2.05, 4.69) is 55.6 Å². The smallest absolute Gasteiger partial charge is 0.127 e. The normalized spacial score (nSPS) is 10.8. The van der Waals surface area contributed by atoms with Gasteiger partial charge in [-0.05, 0) is 30.5 Å². The summed E-state index contributed by atoms with van der Waals surface area (Å²) in [7, 11) is 0. The number of hydrogen-bond acceptors (Lipinski definition) is 2. The minimum absolute atomic E-state index is 0.696. The van der Waals surface area contributed by atoms with Gasteiger partial charge >= 0.3 is 0 Å². The summed E-state index contributed by atoms with van der Waals surface area (Å²) in [5.41, 5.74) is 2.35. The Kier molecular flexibility index (Phi) is 6.29. The van der Waals surface area contributed by atoms with Crippen LogP contribution in [0.2, 0.25) is 0 Å². The number of hydrogen-bond donors (Lipinski definition) is 1. The van der Waals surface area contributed by atoms with Crippen LogP contribution >= 0.6 is 0 Å². The molecule has 0 aromatic heterocycles. The molecule has 2 rings (SSSR count). The summed E-state index contributed by atoms with van der Waals surface area (Å²) in [6.07, 6.45) is 1.21. The molecule has 0 aliphatic carbocycles. The van der Waals surface area contributed by atoms with E-state index in [4.69, 9.17) is 4.74 Å². The Morgan fingerprint density at radius 1 is 0.905 bits per heavy atom. The van der Waals surface area contributed by atoms with Crippen molar-refractivity contribution >= 4 is 0 Å². The minimum Gasteiger partial charge on any atom is -0.492 e. The highest BCUT2D eigenvalue weighted by molar-refractivity contribution is 5.70. The fourth-order valence-corrected chi connectivity index (χ4v) is 2.20. The van der Waals surface area contributed by atoms with E-state index in [9.17, 15) is 0 Å². The Morgan fingerprint density at radius 2 is 1.62 bits per heavy atom. The van der Waals surface area contributed by atoms with Crippen molar-refractivity contribution in [3.8, 4) is 16.9 Å². The molecule has 1 N–H and O–H groups in total.